The predicted octanol–water partition coefficient (Wildman–Crippen LogP) is 4.20. The standard InChI is InChI=1S/C21H23F3N6/c1-13(2)18-25-14(3)12-17(27-18)29-8-10-30(11-9-29)19-15-6-4-5-7-16(15)26-20(28-19)21(22,23)24/h4-7,12-13H,8-11H2,1-3H3. The van der Waals surface area contributed by atoms with Gasteiger partial charge in [0.25, 0.3) is 0 Å². The number of anilines is 2. The molecule has 0 N–H and O–H groups in total. The van der Waals surface area contributed by atoms with Gasteiger partial charge in [-0.25, -0.2) is 19.9 Å². The number of rotatable bonds is 3. The highest BCUT2D eigenvalue weighted by Gasteiger charge is 2.36. The molecule has 0 amide bonds. The van der Waals surface area contributed by atoms with Crippen LogP contribution in [0.4, 0.5) is 24.8 Å². The van der Waals surface area contributed by atoms with E-state index in [4.69, 9.17) is 0 Å². The Morgan fingerprint density at radius 1 is 0.900 bits per heavy atom. The number of halogens is 3. The normalized spacial score (nSPS) is 15.3. The highest BCUT2D eigenvalue weighted by Crippen LogP contribution is 2.32. The number of aryl methyl sites for hydroxylation is 1. The number of para-hydroxylation sites is 1. The Hall–Kier alpha value is -2.97. The van der Waals surface area contributed by atoms with Gasteiger partial charge in [-0.05, 0) is 19.1 Å². The van der Waals surface area contributed by atoms with Gasteiger partial charge >= 0.3 is 6.18 Å². The lowest BCUT2D eigenvalue weighted by molar-refractivity contribution is -0.144. The van der Waals surface area contributed by atoms with Gasteiger partial charge in [0.05, 0.1) is 5.52 Å². The van der Waals surface area contributed by atoms with Crippen molar-refractivity contribution in [1.82, 2.24) is 19.9 Å². The summed E-state index contributed by atoms with van der Waals surface area (Å²) in [6.07, 6.45) is -4.59. The summed E-state index contributed by atoms with van der Waals surface area (Å²) in [5, 5.41) is 0.624. The average Bonchev–Trinajstić information content (AvgIpc) is 2.72. The zero-order valence-corrected chi connectivity index (χ0v) is 17.1. The Kier molecular flexibility index (Phi) is 5.21. The van der Waals surface area contributed by atoms with Crippen molar-refractivity contribution in [3.05, 3.63) is 47.7 Å². The first-order chi connectivity index (χ1) is 14.2. The van der Waals surface area contributed by atoms with Crippen LogP contribution < -0.4 is 9.80 Å². The van der Waals surface area contributed by atoms with E-state index in [2.05, 4.69) is 38.7 Å². The molecule has 1 aromatic carbocycles. The summed E-state index contributed by atoms with van der Waals surface area (Å²) < 4.78 is 40.0. The maximum Gasteiger partial charge on any atom is 0.451 e. The number of fused-ring (bicyclic) bond motifs is 1. The molecule has 1 aliphatic rings. The van der Waals surface area contributed by atoms with Gasteiger partial charge in [-0.1, -0.05) is 26.0 Å². The largest absolute Gasteiger partial charge is 0.451 e. The fraction of sp³-hybridized carbons (Fsp3) is 0.429. The quantitative estimate of drug-likeness (QED) is 0.638. The molecule has 1 aliphatic heterocycles. The topological polar surface area (TPSA) is 58.0 Å². The van der Waals surface area contributed by atoms with Gasteiger partial charge in [0.2, 0.25) is 5.82 Å². The predicted molar refractivity (Wildman–Crippen MR) is 110 cm³/mol. The monoisotopic (exact) mass is 416 g/mol. The third kappa shape index (κ3) is 4.01. The van der Waals surface area contributed by atoms with E-state index in [0.717, 1.165) is 17.3 Å². The molecular formula is C21H23F3N6. The second kappa shape index (κ2) is 7.70. The van der Waals surface area contributed by atoms with Gasteiger partial charge in [0, 0.05) is 49.2 Å². The van der Waals surface area contributed by atoms with Gasteiger partial charge in [0.15, 0.2) is 0 Å². The molecule has 4 rings (SSSR count). The molecule has 0 bridgehead atoms. The maximum absolute atomic E-state index is 13.3. The van der Waals surface area contributed by atoms with Crippen molar-refractivity contribution < 1.29 is 13.2 Å². The highest BCUT2D eigenvalue weighted by molar-refractivity contribution is 5.89. The van der Waals surface area contributed by atoms with E-state index < -0.39 is 12.0 Å². The van der Waals surface area contributed by atoms with Gasteiger partial charge in [-0.3, -0.25) is 0 Å². The number of nitrogens with zero attached hydrogens (tertiary/aromatic N) is 6. The average molecular weight is 416 g/mol. The van der Waals surface area contributed by atoms with Crippen LogP contribution in [0.25, 0.3) is 10.9 Å². The molecule has 0 spiro atoms. The van der Waals surface area contributed by atoms with Crippen LogP contribution in [0.3, 0.4) is 0 Å². The summed E-state index contributed by atoms with van der Waals surface area (Å²) in [4.78, 5) is 20.8. The minimum absolute atomic E-state index is 0.220. The second-order valence-electron chi connectivity index (χ2n) is 7.74. The smallest absolute Gasteiger partial charge is 0.353 e. The van der Waals surface area contributed by atoms with Crippen LogP contribution >= 0.6 is 0 Å². The molecule has 6 nitrogen and oxygen atoms in total. The van der Waals surface area contributed by atoms with Crippen LogP contribution in [0.5, 0.6) is 0 Å². The fourth-order valence-corrected chi connectivity index (χ4v) is 3.57. The van der Waals surface area contributed by atoms with Crippen LogP contribution in [0.2, 0.25) is 0 Å². The van der Waals surface area contributed by atoms with Crippen LogP contribution in [-0.4, -0.2) is 46.1 Å². The fourth-order valence-electron chi connectivity index (χ4n) is 3.57. The number of hydrogen-bond donors (Lipinski definition) is 0. The lowest BCUT2D eigenvalue weighted by Crippen LogP contribution is -2.47. The van der Waals surface area contributed by atoms with Crippen molar-refractivity contribution in [2.24, 2.45) is 0 Å². The lowest BCUT2D eigenvalue weighted by atomic mass is 10.2. The van der Waals surface area contributed by atoms with Crippen molar-refractivity contribution in [2.45, 2.75) is 32.9 Å². The SMILES string of the molecule is Cc1cc(N2CCN(c3nc(C(F)(F)F)nc4ccccc34)CC2)nc(C(C)C)n1. The minimum atomic E-state index is -4.59. The molecule has 1 saturated heterocycles. The molecule has 0 radical (unpaired) electrons. The zero-order valence-electron chi connectivity index (χ0n) is 17.1. The van der Waals surface area contributed by atoms with Crippen molar-refractivity contribution in [3.8, 4) is 0 Å². The highest BCUT2D eigenvalue weighted by atomic mass is 19.4. The summed E-state index contributed by atoms with van der Waals surface area (Å²) in [5.74, 6) is 1.09. The maximum atomic E-state index is 13.3. The van der Waals surface area contributed by atoms with Crippen LogP contribution in [-0.2, 0) is 6.18 Å². The number of hydrogen-bond acceptors (Lipinski definition) is 6. The van der Waals surface area contributed by atoms with E-state index >= 15 is 0 Å². The van der Waals surface area contributed by atoms with Gasteiger partial charge < -0.3 is 9.80 Å². The Balaban J connectivity index is 1.61. The van der Waals surface area contributed by atoms with E-state index in [1.807, 2.05) is 17.9 Å². The number of piperazine rings is 1. The summed E-state index contributed by atoms with van der Waals surface area (Å²) in [6, 6.07) is 8.77. The van der Waals surface area contributed by atoms with Gasteiger partial charge in [0.1, 0.15) is 17.5 Å². The van der Waals surface area contributed by atoms with E-state index in [9.17, 15) is 13.2 Å². The molecule has 3 aromatic rings. The molecule has 158 valence electrons. The van der Waals surface area contributed by atoms with Crippen LogP contribution in [0.1, 0.15) is 37.1 Å². The lowest BCUT2D eigenvalue weighted by Gasteiger charge is -2.36. The molecule has 3 heterocycles. The van der Waals surface area contributed by atoms with Gasteiger partial charge in [-0.15, -0.1) is 0 Å². The molecule has 2 aromatic heterocycles. The third-order valence-electron chi connectivity index (χ3n) is 5.11. The van der Waals surface area contributed by atoms with Crippen LogP contribution in [0, 0.1) is 6.92 Å². The molecular weight excluding hydrogens is 393 g/mol. The Morgan fingerprint density at radius 2 is 1.57 bits per heavy atom. The van der Waals surface area contributed by atoms with E-state index in [0.29, 0.717) is 42.9 Å². The summed E-state index contributed by atoms with van der Waals surface area (Å²) >= 11 is 0. The summed E-state index contributed by atoms with van der Waals surface area (Å²) in [6.45, 7) is 8.39. The molecule has 0 unspecified atom stereocenters. The first-order valence-electron chi connectivity index (χ1n) is 9.92. The molecule has 9 heteroatoms. The van der Waals surface area contributed by atoms with E-state index in [1.54, 1.807) is 24.3 Å². The Bertz CT molecular complexity index is 1060. The Morgan fingerprint density at radius 3 is 2.23 bits per heavy atom. The summed E-state index contributed by atoms with van der Waals surface area (Å²) in [7, 11) is 0. The molecule has 1 fully saturated rings. The first kappa shape index (κ1) is 20.3. The molecule has 0 aliphatic carbocycles. The number of benzene rings is 1. The van der Waals surface area contributed by atoms with Crippen LogP contribution in [0.15, 0.2) is 30.3 Å². The second-order valence-corrected chi connectivity index (χ2v) is 7.74. The third-order valence-corrected chi connectivity index (χ3v) is 5.11. The molecule has 0 atom stereocenters. The van der Waals surface area contributed by atoms with Crippen molar-refractivity contribution in [3.63, 3.8) is 0 Å². The minimum Gasteiger partial charge on any atom is -0.353 e. The Labute approximate surface area is 172 Å². The van der Waals surface area contributed by atoms with E-state index in [1.165, 1.54) is 0 Å². The summed E-state index contributed by atoms with van der Waals surface area (Å²) in [5.41, 5.74) is 1.20. The van der Waals surface area contributed by atoms with Crippen molar-refractivity contribution >= 4 is 22.5 Å². The molecule has 30 heavy (non-hydrogen) atoms. The first-order valence-corrected chi connectivity index (χ1v) is 9.92. The van der Waals surface area contributed by atoms with Crippen molar-refractivity contribution in [1.29, 1.82) is 0 Å². The van der Waals surface area contributed by atoms with Gasteiger partial charge in [-0.2, -0.15) is 13.2 Å². The molecule has 0 saturated carbocycles. The zero-order chi connectivity index (χ0) is 21.5. The van der Waals surface area contributed by atoms with E-state index in [-0.39, 0.29) is 5.92 Å². The number of alkyl halides is 3. The number of aromatic nitrogens is 4. The van der Waals surface area contributed by atoms with Crippen molar-refractivity contribution in [2.75, 3.05) is 36.0 Å².